The number of hydrogen-bond donors (Lipinski definition) is 0. The molecule has 0 aliphatic carbocycles. The fraction of sp³-hybridized carbons (Fsp3) is 0.636. The van der Waals surface area contributed by atoms with Gasteiger partial charge in [0, 0.05) is 12.8 Å². The molecule has 1 heterocycles. The van der Waals surface area contributed by atoms with Gasteiger partial charge < -0.3 is 0 Å². The van der Waals surface area contributed by atoms with Crippen molar-refractivity contribution in [2.75, 3.05) is 0 Å². The number of nitrogens with zero attached hydrogens (tertiary/aromatic N) is 1. The topological polar surface area (TPSA) is 37.4 Å². The van der Waals surface area contributed by atoms with Crippen LogP contribution in [0.5, 0.6) is 0 Å². The lowest BCUT2D eigenvalue weighted by Crippen LogP contribution is -2.53. The molecule has 3 nitrogen and oxygen atoms in total. The van der Waals surface area contributed by atoms with E-state index < -0.39 is 5.54 Å². The van der Waals surface area contributed by atoms with E-state index >= 15 is 0 Å². The molecule has 0 bridgehead atoms. The lowest BCUT2D eigenvalue weighted by molar-refractivity contribution is -0.154. The second-order valence-electron chi connectivity index (χ2n) is 4.34. The van der Waals surface area contributed by atoms with Crippen molar-refractivity contribution in [1.82, 2.24) is 4.90 Å². The van der Waals surface area contributed by atoms with E-state index in [1.807, 2.05) is 6.92 Å². The maximum absolute atomic E-state index is 11.6. The average Bonchev–Trinajstić information content (AvgIpc) is 2.01. The van der Waals surface area contributed by atoms with Crippen LogP contribution in [0.2, 0.25) is 0 Å². The molecule has 1 aliphatic heterocycles. The monoisotopic (exact) mass is 193 g/mol. The van der Waals surface area contributed by atoms with E-state index in [4.69, 9.17) is 6.42 Å². The number of likely N-dealkylation sites (tertiary alicyclic amines) is 1. The Kier molecular flexibility index (Phi) is 2.66. The van der Waals surface area contributed by atoms with E-state index in [0.29, 0.717) is 12.8 Å². The second-order valence-corrected chi connectivity index (χ2v) is 4.34. The van der Waals surface area contributed by atoms with E-state index in [1.54, 1.807) is 13.8 Å². The zero-order chi connectivity index (χ0) is 10.9. The molecule has 0 aromatic rings. The summed E-state index contributed by atoms with van der Waals surface area (Å²) in [6, 6.07) is 0. The highest BCUT2D eigenvalue weighted by atomic mass is 16.2. The Labute approximate surface area is 84.5 Å². The summed E-state index contributed by atoms with van der Waals surface area (Å²) in [6.45, 7) is 5.31. The lowest BCUT2D eigenvalue weighted by atomic mass is 9.93. The van der Waals surface area contributed by atoms with Gasteiger partial charge in [0.2, 0.25) is 11.8 Å². The molecule has 1 rings (SSSR count). The highest BCUT2D eigenvalue weighted by Gasteiger charge is 2.38. The Morgan fingerprint density at radius 2 is 1.79 bits per heavy atom. The van der Waals surface area contributed by atoms with E-state index in [-0.39, 0.29) is 17.7 Å². The Morgan fingerprint density at radius 1 is 1.36 bits per heavy atom. The first kappa shape index (κ1) is 10.8. The van der Waals surface area contributed by atoms with Crippen LogP contribution in [0.15, 0.2) is 0 Å². The first-order valence-electron chi connectivity index (χ1n) is 4.72. The van der Waals surface area contributed by atoms with E-state index in [1.165, 1.54) is 4.90 Å². The SMILES string of the molecule is C#CC(C)(C)N1C(=O)CC(C)CC1=O. The number of carbonyl (C=O) groups is 2. The minimum Gasteiger partial charge on any atom is -0.274 e. The largest absolute Gasteiger partial charge is 0.274 e. The van der Waals surface area contributed by atoms with Crippen molar-refractivity contribution >= 4 is 11.8 Å². The minimum absolute atomic E-state index is 0.139. The standard InChI is InChI=1S/C11H15NO2/c1-5-11(3,4)12-9(13)6-8(2)7-10(12)14/h1,8H,6-7H2,2-4H3. The van der Waals surface area contributed by atoms with Crippen LogP contribution < -0.4 is 0 Å². The van der Waals surface area contributed by atoms with Crippen LogP contribution in [0.25, 0.3) is 0 Å². The van der Waals surface area contributed by atoms with Gasteiger partial charge in [0.25, 0.3) is 0 Å². The van der Waals surface area contributed by atoms with Crippen molar-refractivity contribution < 1.29 is 9.59 Å². The number of imide groups is 1. The van der Waals surface area contributed by atoms with Gasteiger partial charge in [0.05, 0.1) is 0 Å². The van der Waals surface area contributed by atoms with Crippen molar-refractivity contribution in [3.8, 4) is 12.3 Å². The normalized spacial score (nSPS) is 19.7. The maximum atomic E-state index is 11.6. The molecule has 0 aromatic heterocycles. The third-order valence-electron chi connectivity index (χ3n) is 2.46. The third kappa shape index (κ3) is 1.79. The molecule has 1 fully saturated rings. The summed E-state index contributed by atoms with van der Waals surface area (Å²) < 4.78 is 0. The van der Waals surface area contributed by atoms with Gasteiger partial charge in [-0.1, -0.05) is 12.8 Å². The molecule has 0 atom stereocenters. The van der Waals surface area contributed by atoms with Crippen molar-refractivity contribution in [3.63, 3.8) is 0 Å². The fourth-order valence-corrected chi connectivity index (χ4v) is 1.68. The number of amides is 2. The predicted octanol–water partition coefficient (Wildman–Crippen LogP) is 1.18. The molecule has 76 valence electrons. The number of rotatable bonds is 1. The Morgan fingerprint density at radius 3 is 2.14 bits per heavy atom. The highest BCUT2D eigenvalue weighted by Crippen LogP contribution is 2.25. The molecule has 14 heavy (non-hydrogen) atoms. The van der Waals surface area contributed by atoms with Gasteiger partial charge in [0.1, 0.15) is 5.54 Å². The first-order valence-corrected chi connectivity index (χ1v) is 4.72. The van der Waals surface area contributed by atoms with Crippen molar-refractivity contribution in [3.05, 3.63) is 0 Å². The van der Waals surface area contributed by atoms with Crippen molar-refractivity contribution in [2.45, 2.75) is 39.2 Å². The number of hydrogen-bond acceptors (Lipinski definition) is 2. The summed E-state index contributed by atoms with van der Waals surface area (Å²) in [5.41, 5.74) is -0.797. The molecule has 0 N–H and O–H groups in total. The summed E-state index contributed by atoms with van der Waals surface area (Å²) in [4.78, 5) is 24.5. The molecule has 1 aliphatic rings. The van der Waals surface area contributed by atoms with E-state index in [9.17, 15) is 9.59 Å². The first-order chi connectivity index (χ1) is 6.38. The lowest BCUT2D eigenvalue weighted by Gasteiger charge is -2.37. The summed E-state index contributed by atoms with van der Waals surface area (Å²) in [5, 5.41) is 0. The predicted molar refractivity (Wildman–Crippen MR) is 53.2 cm³/mol. The van der Waals surface area contributed by atoms with Gasteiger partial charge in [-0.25, -0.2) is 0 Å². The van der Waals surface area contributed by atoms with Crippen LogP contribution in [0.1, 0.15) is 33.6 Å². The zero-order valence-corrected chi connectivity index (χ0v) is 8.83. The third-order valence-corrected chi connectivity index (χ3v) is 2.46. The van der Waals surface area contributed by atoms with Crippen LogP contribution in [0.3, 0.4) is 0 Å². The van der Waals surface area contributed by atoms with Gasteiger partial charge in [-0.05, 0) is 19.8 Å². The van der Waals surface area contributed by atoms with Crippen molar-refractivity contribution in [1.29, 1.82) is 0 Å². The highest BCUT2D eigenvalue weighted by molar-refractivity contribution is 5.99. The number of terminal acetylenes is 1. The van der Waals surface area contributed by atoms with Gasteiger partial charge in [-0.2, -0.15) is 0 Å². The average molecular weight is 193 g/mol. The number of piperidine rings is 1. The minimum atomic E-state index is -0.797. The van der Waals surface area contributed by atoms with Crippen LogP contribution >= 0.6 is 0 Å². The molecule has 0 aromatic carbocycles. The quantitative estimate of drug-likeness (QED) is 0.463. The van der Waals surface area contributed by atoms with Crippen LogP contribution in [0.4, 0.5) is 0 Å². The molecule has 0 saturated carbocycles. The molecule has 1 saturated heterocycles. The summed E-state index contributed by atoms with van der Waals surface area (Å²) in [5.74, 6) is 2.30. The number of carbonyl (C=O) groups excluding carboxylic acids is 2. The Balaban J connectivity index is 2.95. The van der Waals surface area contributed by atoms with Crippen molar-refractivity contribution in [2.24, 2.45) is 5.92 Å². The smallest absolute Gasteiger partial charge is 0.230 e. The Hall–Kier alpha value is -1.30. The van der Waals surface area contributed by atoms with Gasteiger partial charge in [-0.3, -0.25) is 14.5 Å². The summed E-state index contributed by atoms with van der Waals surface area (Å²) >= 11 is 0. The van der Waals surface area contributed by atoms with E-state index in [0.717, 1.165) is 0 Å². The van der Waals surface area contributed by atoms with Gasteiger partial charge >= 0.3 is 0 Å². The van der Waals surface area contributed by atoms with Gasteiger partial charge in [-0.15, -0.1) is 6.42 Å². The molecular formula is C11H15NO2. The maximum Gasteiger partial charge on any atom is 0.230 e. The molecule has 2 amide bonds. The molecule has 3 heteroatoms. The summed E-state index contributed by atoms with van der Waals surface area (Å²) in [7, 11) is 0. The molecule has 0 radical (unpaired) electrons. The van der Waals surface area contributed by atoms with Crippen LogP contribution in [-0.2, 0) is 9.59 Å². The Bertz CT molecular complexity index is 294. The van der Waals surface area contributed by atoms with Crippen LogP contribution in [-0.4, -0.2) is 22.3 Å². The van der Waals surface area contributed by atoms with Crippen LogP contribution in [0, 0.1) is 18.3 Å². The molecular weight excluding hydrogens is 178 g/mol. The fourth-order valence-electron chi connectivity index (χ4n) is 1.68. The second kappa shape index (κ2) is 3.45. The van der Waals surface area contributed by atoms with Gasteiger partial charge in [0.15, 0.2) is 0 Å². The zero-order valence-electron chi connectivity index (χ0n) is 8.83. The molecule has 0 spiro atoms. The molecule has 0 unspecified atom stereocenters. The van der Waals surface area contributed by atoms with E-state index in [2.05, 4.69) is 5.92 Å². The summed E-state index contributed by atoms with van der Waals surface area (Å²) in [6.07, 6.45) is 6.13.